The van der Waals surface area contributed by atoms with Gasteiger partial charge in [-0.2, -0.15) is 13.2 Å². The Kier molecular flexibility index (Phi) is 6.99. The predicted octanol–water partition coefficient (Wildman–Crippen LogP) is 6.79. The molecule has 210 valence electrons. The minimum absolute atomic E-state index is 0.193. The summed E-state index contributed by atoms with van der Waals surface area (Å²) in [5.41, 5.74) is 0.825. The molecule has 2 amide bonds. The lowest BCUT2D eigenvalue weighted by atomic mass is 9.82. The van der Waals surface area contributed by atoms with Crippen LogP contribution >= 0.6 is 34.7 Å². The van der Waals surface area contributed by atoms with Crippen LogP contribution in [0.25, 0.3) is 0 Å². The molecule has 6 nitrogen and oxygen atoms in total. The van der Waals surface area contributed by atoms with Crippen LogP contribution < -0.4 is 14.5 Å². The highest BCUT2D eigenvalue weighted by molar-refractivity contribution is 8.00. The largest absolute Gasteiger partial charge is 0.489 e. The Morgan fingerprint density at radius 3 is 2.46 bits per heavy atom. The number of thioether (sulfide) groups is 1. The summed E-state index contributed by atoms with van der Waals surface area (Å²) < 4.78 is 47.9. The number of aromatic nitrogens is 1. The number of aryl methyl sites for hydroxylation is 1. The van der Waals surface area contributed by atoms with Gasteiger partial charge in [0.15, 0.2) is 0 Å². The SMILES string of the molecule is Cc1ccc(COc2ccc(Cl)cc2[C@@H]2c3sc(=O)[nH]c3S[C@H]3C(=O)N(c4ccccc4C(F)(F)F)C(=O)[C@@H]23)cc1. The van der Waals surface area contributed by atoms with Gasteiger partial charge in [-0.1, -0.05) is 76.7 Å². The number of amides is 2. The summed E-state index contributed by atoms with van der Waals surface area (Å²) in [6.07, 6.45) is -4.79. The number of anilines is 1. The van der Waals surface area contributed by atoms with E-state index in [1.807, 2.05) is 31.2 Å². The Morgan fingerprint density at radius 2 is 1.73 bits per heavy atom. The maximum atomic E-state index is 14.0. The molecule has 3 aromatic carbocycles. The lowest BCUT2D eigenvalue weighted by molar-refractivity contribution is -0.137. The van der Waals surface area contributed by atoms with Crippen LogP contribution in [0.15, 0.2) is 76.6 Å². The molecule has 1 fully saturated rings. The van der Waals surface area contributed by atoms with Crippen LogP contribution in [0.1, 0.15) is 33.0 Å². The Balaban J connectivity index is 1.46. The first-order valence-corrected chi connectivity index (χ1v) is 14.5. The van der Waals surface area contributed by atoms with Crippen molar-refractivity contribution >= 4 is 52.2 Å². The number of alkyl halides is 3. The second-order valence-corrected chi connectivity index (χ2v) is 12.3. The summed E-state index contributed by atoms with van der Waals surface area (Å²) in [4.78, 5) is 43.6. The van der Waals surface area contributed by atoms with Gasteiger partial charge in [-0.3, -0.25) is 14.4 Å². The second-order valence-electron chi connectivity index (χ2n) is 9.73. The lowest BCUT2D eigenvalue weighted by Gasteiger charge is -2.31. The zero-order valence-electron chi connectivity index (χ0n) is 21.2. The molecule has 1 N–H and O–H groups in total. The fraction of sp³-hybridized carbons (Fsp3) is 0.207. The van der Waals surface area contributed by atoms with Gasteiger partial charge in [0.05, 0.1) is 22.2 Å². The first kappa shape index (κ1) is 27.6. The molecular weight excluding hydrogens is 597 g/mol. The van der Waals surface area contributed by atoms with E-state index in [-0.39, 0.29) is 11.5 Å². The molecule has 6 rings (SSSR count). The van der Waals surface area contributed by atoms with E-state index in [0.29, 0.717) is 31.1 Å². The zero-order valence-corrected chi connectivity index (χ0v) is 23.6. The highest BCUT2D eigenvalue weighted by Crippen LogP contribution is 2.55. The molecule has 1 saturated heterocycles. The van der Waals surface area contributed by atoms with Crippen LogP contribution in [0.5, 0.6) is 5.75 Å². The molecule has 12 heteroatoms. The van der Waals surface area contributed by atoms with Crippen molar-refractivity contribution in [1.82, 2.24) is 4.98 Å². The number of hydrogen-bond donors (Lipinski definition) is 1. The molecule has 0 spiro atoms. The van der Waals surface area contributed by atoms with Crippen LogP contribution in [-0.2, 0) is 22.4 Å². The van der Waals surface area contributed by atoms with E-state index in [1.54, 1.807) is 18.2 Å². The number of aromatic amines is 1. The number of imide groups is 1. The van der Waals surface area contributed by atoms with Gasteiger partial charge in [0.2, 0.25) is 11.8 Å². The lowest BCUT2D eigenvalue weighted by Crippen LogP contribution is -2.33. The van der Waals surface area contributed by atoms with E-state index in [1.165, 1.54) is 12.1 Å². The van der Waals surface area contributed by atoms with Crippen molar-refractivity contribution in [3.63, 3.8) is 0 Å². The Hall–Kier alpha value is -3.54. The Bertz CT molecular complexity index is 1740. The van der Waals surface area contributed by atoms with Crippen molar-refractivity contribution in [2.24, 2.45) is 5.92 Å². The molecule has 0 radical (unpaired) electrons. The minimum Gasteiger partial charge on any atom is -0.489 e. The number of rotatable bonds is 5. The molecule has 0 bridgehead atoms. The molecule has 0 aliphatic carbocycles. The van der Waals surface area contributed by atoms with Crippen molar-refractivity contribution in [2.75, 3.05) is 4.90 Å². The van der Waals surface area contributed by atoms with E-state index in [4.69, 9.17) is 16.3 Å². The number of ether oxygens (including phenoxy) is 1. The van der Waals surface area contributed by atoms with Crippen molar-refractivity contribution in [3.05, 3.63) is 109 Å². The van der Waals surface area contributed by atoms with E-state index < -0.39 is 46.3 Å². The van der Waals surface area contributed by atoms with Gasteiger partial charge in [-0.05, 0) is 42.8 Å². The third kappa shape index (κ3) is 4.96. The number of nitrogens with one attached hydrogen (secondary N) is 1. The predicted molar refractivity (Wildman–Crippen MR) is 151 cm³/mol. The number of thiazole rings is 1. The summed E-state index contributed by atoms with van der Waals surface area (Å²) in [6, 6.07) is 17.1. The fourth-order valence-electron chi connectivity index (χ4n) is 5.24. The van der Waals surface area contributed by atoms with Gasteiger partial charge in [-0.15, -0.1) is 0 Å². The van der Waals surface area contributed by atoms with E-state index >= 15 is 0 Å². The maximum Gasteiger partial charge on any atom is 0.418 e. The van der Waals surface area contributed by atoms with Crippen molar-refractivity contribution in [2.45, 2.75) is 35.9 Å². The van der Waals surface area contributed by atoms with Crippen molar-refractivity contribution in [1.29, 1.82) is 0 Å². The number of nitrogens with zero attached hydrogens (tertiary/aromatic N) is 1. The summed E-state index contributed by atoms with van der Waals surface area (Å²) in [5.74, 6) is -3.16. The first-order chi connectivity index (χ1) is 19.5. The van der Waals surface area contributed by atoms with Gasteiger partial charge in [0, 0.05) is 21.4 Å². The van der Waals surface area contributed by atoms with Crippen LogP contribution in [0.3, 0.4) is 0 Å². The zero-order chi connectivity index (χ0) is 29.1. The molecular formula is C29H20ClF3N2O4S2. The van der Waals surface area contributed by atoms with Crippen LogP contribution in [0.4, 0.5) is 18.9 Å². The van der Waals surface area contributed by atoms with E-state index in [9.17, 15) is 27.6 Å². The first-order valence-electron chi connectivity index (χ1n) is 12.4. The topological polar surface area (TPSA) is 79.5 Å². The van der Waals surface area contributed by atoms with Gasteiger partial charge in [0.1, 0.15) is 17.6 Å². The number of halogens is 4. The number of hydrogen-bond acceptors (Lipinski definition) is 6. The third-order valence-electron chi connectivity index (χ3n) is 7.10. The van der Waals surface area contributed by atoms with Gasteiger partial charge >= 0.3 is 11.0 Å². The van der Waals surface area contributed by atoms with Gasteiger partial charge < -0.3 is 9.72 Å². The normalized spacial score (nSPS) is 20.2. The second kappa shape index (κ2) is 10.4. The molecule has 0 saturated carbocycles. The highest BCUT2D eigenvalue weighted by atomic mass is 35.5. The number of carbonyl (C=O) groups is 2. The standard InChI is InChI=1S/C29H20ClF3N2O4S2/c1-14-6-8-15(9-7-14)13-39-20-11-10-16(30)12-17(20)21-22-24(40-25-23(21)41-28(38)34-25)27(37)35(26(22)36)19-5-3-2-4-18(19)29(31,32)33/h2-12,21-22,24H,13H2,1H3,(H,34,38)/t21-,22-,24+/m0/s1. The monoisotopic (exact) mass is 616 g/mol. The molecule has 41 heavy (non-hydrogen) atoms. The highest BCUT2D eigenvalue weighted by Gasteiger charge is 2.57. The number of benzene rings is 3. The summed E-state index contributed by atoms with van der Waals surface area (Å²) in [6.45, 7) is 2.16. The average molecular weight is 617 g/mol. The Labute approximate surface area is 245 Å². The number of H-pyrrole nitrogens is 1. The van der Waals surface area contributed by atoms with Crippen LogP contribution in [-0.4, -0.2) is 22.0 Å². The molecule has 3 heterocycles. The quantitative estimate of drug-likeness (QED) is 0.250. The average Bonchev–Trinajstić information content (AvgIpc) is 3.42. The summed E-state index contributed by atoms with van der Waals surface area (Å²) in [7, 11) is 0. The number of para-hydroxylation sites is 1. The summed E-state index contributed by atoms with van der Waals surface area (Å²) in [5, 5.41) is -0.351. The van der Waals surface area contributed by atoms with Gasteiger partial charge in [0.25, 0.3) is 0 Å². The minimum atomic E-state index is -4.79. The van der Waals surface area contributed by atoms with Gasteiger partial charge in [-0.25, -0.2) is 4.90 Å². The molecule has 1 aromatic heterocycles. The van der Waals surface area contributed by atoms with Crippen molar-refractivity contribution < 1.29 is 27.5 Å². The molecule has 2 aliphatic heterocycles. The van der Waals surface area contributed by atoms with E-state index in [2.05, 4.69) is 4.98 Å². The molecule has 3 atom stereocenters. The van der Waals surface area contributed by atoms with Crippen molar-refractivity contribution in [3.8, 4) is 5.75 Å². The van der Waals surface area contributed by atoms with Crippen LogP contribution in [0, 0.1) is 12.8 Å². The Morgan fingerprint density at radius 1 is 1.00 bits per heavy atom. The number of carbonyl (C=O) groups excluding carboxylic acids is 2. The molecule has 4 aromatic rings. The maximum absolute atomic E-state index is 14.0. The number of fused-ring (bicyclic) bond motifs is 2. The third-order valence-corrected chi connectivity index (χ3v) is 9.73. The molecule has 2 aliphatic rings. The fourth-order valence-corrected chi connectivity index (χ4v) is 7.92. The smallest absolute Gasteiger partial charge is 0.418 e. The summed E-state index contributed by atoms with van der Waals surface area (Å²) >= 11 is 8.26. The van der Waals surface area contributed by atoms with Crippen LogP contribution in [0.2, 0.25) is 5.02 Å². The molecule has 0 unspecified atom stereocenters. The van der Waals surface area contributed by atoms with E-state index in [0.717, 1.165) is 46.4 Å².